The molecule has 132 valence electrons. The van der Waals surface area contributed by atoms with Gasteiger partial charge in [-0.2, -0.15) is 13.9 Å². The second kappa shape index (κ2) is 7.61. The van der Waals surface area contributed by atoms with Gasteiger partial charge in [0.25, 0.3) is 0 Å². The van der Waals surface area contributed by atoms with E-state index in [0.717, 1.165) is 22.6 Å². The van der Waals surface area contributed by atoms with E-state index >= 15 is 0 Å². The minimum Gasteiger partial charge on any atom is -0.434 e. The van der Waals surface area contributed by atoms with Gasteiger partial charge in [-0.05, 0) is 44.4 Å². The molecular formula is C17H23F2N3O2. The highest BCUT2D eigenvalue weighted by Crippen LogP contribution is 2.27. The second-order valence-corrected chi connectivity index (χ2v) is 5.80. The number of nitrogens with one attached hydrogen (secondary N) is 1. The minimum absolute atomic E-state index is 0.00706. The molecule has 0 aliphatic carbocycles. The lowest BCUT2D eigenvalue weighted by Gasteiger charge is -2.15. The smallest absolute Gasteiger partial charge is 0.387 e. The largest absolute Gasteiger partial charge is 0.434 e. The molecule has 5 nitrogen and oxygen atoms in total. The molecule has 1 heterocycles. The van der Waals surface area contributed by atoms with Crippen molar-refractivity contribution >= 4 is 5.82 Å². The molecule has 0 radical (unpaired) electrons. The summed E-state index contributed by atoms with van der Waals surface area (Å²) in [7, 11) is 0. The summed E-state index contributed by atoms with van der Waals surface area (Å²) in [6.45, 7) is 5.49. The van der Waals surface area contributed by atoms with E-state index in [9.17, 15) is 8.78 Å². The first-order chi connectivity index (χ1) is 11.3. The van der Waals surface area contributed by atoms with Gasteiger partial charge in [-0.3, -0.25) is 0 Å². The van der Waals surface area contributed by atoms with Crippen molar-refractivity contribution in [3.05, 3.63) is 40.1 Å². The topological polar surface area (TPSA) is 59.3 Å². The number of aromatic nitrogens is 2. The lowest BCUT2D eigenvalue weighted by atomic mass is 10.1. The SMILES string of the molecule is Cc1cc(CNc2c(C)c(C)nn2CCO)cc(C)c1OC(F)F. The van der Waals surface area contributed by atoms with Gasteiger partial charge in [0, 0.05) is 12.1 Å². The number of hydrogen-bond acceptors (Lipinski definition) is 4. The average molecular weight is 339 g/mol. The van der Waals surface area contributed by atoms with E-state index in [-0.39, 0.29) is 12.4 Å². The van der Waals surface area contributed by atoms with E-state index in [4.69, 9.17) is 5.11 Å². The van der Waals surface area contributed by atoms with E-state index in [1.54, 1.807) is 18.5 Å². The third-order valence-corrected chi connectivity index (χ3v) is 3.93. The predicted octanol–water partition coefficient (Wildman–Crippen LogP) is 3.32. The van der Waals surface area contributed by atoms with Gasteiger partial charge in [-0.1, -0.05) is 12.1 Å². The molecule has 1 aromatic heterocycles. The number of ether oxygens (including phenoxy) is 1. The third kappa shape index (κ3) is 4.03. The number of anilines is 1. The van der Waals surface area contributed by atoms with E-state index in [1.807, 2.05) is 26.0 Å². The number of nitrogens with zero attached hydrogens (tertiary/aromatic N) is 2. The van der Waals surface area contributed by atoms with E-state index in [0.29, 0.717) is 24.2 Å². The van der Waals surface area contributed by atoms with Crippen molar-refractivity contribution in [3.63, 3.8) is 0 Å². The second-order valence-electron chi connectivity index (χ2n) is 5.80. The molecule has 0 fully saturated rings. The minimum atomic E-state index is -2.83. The lowest BCUT2D eigenvalue weighted by molar-refractivity contribution is -0.0507. The Kier molecular flexibility index (Phi) is 5.77. The molecule has 0 atom stereocenters. The van der Waals surface area contributed by atoms with E-state index in [2.05, 4.69) is 15.2 Å². The molecule has 2 N–H and O–H groups in total. The summed E-state index contributed by atoms with van der Waals surface area (Å²) in [5.41, 5.74) is 4.22. The van der Waals surface area contributed by atoms with Crippen LogP contribution in [-0.2, 0) is 13.1 Å². The van der Waals surface area contributed by atoms with Crippen LogP contribution < -0.4 is 10.1 Å². The Labute approximate surface area is 140 Å². The fraction of sp³-hybridized carbons (Fsp3) is 0.471. The Balaban J connectivity index is 2.18. The zero-order valence-corrected chi connectivity index (χ0v) is 14.4. The van der Waals surface area contributed by atoms with Crippen LogP contribution in [0.1, 0.15) is 27.9 Å². The Morgan fingerprint density at radius 2 is 1.83 bits per heavy atom. The Hall–Kier alpha value is -2.15. The number of hydrogen-bond donors (Lipinski definition) is 2. The number of aliphatic hydroxyl groups is 1. The number of benzene rings is 1. The van der Waals surface area contributed by atoms with Crippen LogP contribution in [0.5, 0.6) is 5.75 Å². The Morgan fingerprint density at radius 3 is 2.38 bits per heavy atom. The van der Waals surface area contributed by atoms with Crippen molar-refractivity contribution in [2.75, 3.05) is 11.9 Å². The first kappa shape index (κ1) is 18.2. The molecule has 2 rings (SSSR count). The molecule has 0 aliphatic rings. The van der Waals surface area contributed by atoms with Crippen molar-refractivity contribution in [3.8, 4) is 5.75 Å². The molecule has 0 amide bonds. The van der Waals surface area contributed by atoms with Crippen LogP contribution in [0, 0.1) is 27.7 Å². The number of aryl methyl sites for hydroxylation is 3. The summed E-state index contributed by atoms with van der Waals surface area (Å²) in [4.78, 5) is 0. The Bertz CT molecular complexity index is 691. The monoisotopic (exact) mass is 339 g/mol. The zero-order chi connectivity index (χ0) is 17.9. The van der Waals surface area contributed by atoms with Gasteiger partial charge in [0.15, 0.2) is 0 Å². The maximum atomic E-state index is 12.4. The molecule has 1 aromatic carbocycles. The van der Waals surface area contributed by atoms with Crippen molar-refractivity contribution < 1.29 is 18.6 Å². The molecule has 0 spiro atoms. The van der Waals surface area contributed by atoms with Crippen LogP contribution in [0.3, 0.4) is 0 Å². The standard InChI is InChI=1S/C17H23F2N3O2/c1-10-7-14(8-11(2)15(10)24-17(18)19)9-20-16-12(3)13(4)21-22(16)5-6-23/h7-8,17,20,23H,5-6,9H2,1-4H3. The molecule has 24 heavy (non-hydrogen) atoms. The van der Waals surface area contributed by atoms with Gasteiger partial charge in [-0.15, -0.1) is 0 Å². The summed E-state index contributed by atoms with van der Waals surface area (Å²) >= 11 is 0. The predicted molar refractivity (Wildman–Crippen MR) is 88.7 cm³/mol. The third-order valence-electron chi connectivity index (χ3n) is 3.93. The number of aliphatic hydroxyl groups excluding tert-OH is 1. The van der Waals surface area contributed by atoms with Gasteiger partial charge < -0.3 is 15.2 Å². The molecule has 0 aliphatic heterocycles. The highest BCUT2D eigenvalue weighted by Gasteiger charge is 2.13. The lowest BCUT2D eigenvalue weighted by Crippen LogP contribution is -2.11. The average Bonchev–Trinajstić information content (AvgIpc) is 2.76. The Morgan fingerprint density at radius 1 is 1.21 bits per heavy atom. The molecule has 0 saturated carbocycles. The molecule has 0 bridgehead atoms. The summed E-state index contributed by atoms with van der Waals surface area (Å²) in [5.74, 6) is 1.08. The van der Waals surface area contributed by atoms with Crippen LogP contribution in [0.4, 0.5) is 14.6 Å². The zero-order valence-electron chi connectivity index (χ0n) is 14.4. The summed E-state index contributed by atoms with van der Waals surface area (Å²) in [5, 5.41) is 16.8. The highest BCUT2D eigenvalue weighted by molar-refractivity contribution is 5.49. The molecule has 7 heteroatoms. The normalized spacial score (nSPS) is 11.2. The number of rotatable bonds is 7. The maximum absolute atomic E-state index is 12.4. The summed E-state index contributed by atoms with van der Waals surface area (Å²) in [6, 6.07) is 3.65. The first-order valence-electron chi connectivity index (χ1n) is 7.77. The fourth-order valence-electron chi connectivity index (χ4n) is 2.75. The summed E-state index contributed by atoms with van der Waals surface area (Å²) in [6.07, 6.45) is 0. The summed E-state index contributed by atoms with van der Waals surface area (Å²) < 4.78 is 31.2. The van der Waals surface area contributed by atoms with Gasteiger partial charge in [0.05, 0.1) is 18.8 Å². The van der Waals surface area contributed by atoms with Crippen molar-refractivity contribution in [2.45, 2.75) is 47.4 Å². The van der Waals surface area contributed by atoms with E-state index < -0.39 is 6.61 Å². The maximum Gasteiger partial charge on any atom is 0.387 e. The van der Waals surface area contributed by atoms with Crippen LogP contribution in [0.2, 0.25) is 0 Å². The van der Waals surface area contributed by atoms with Gasteiger partial charge in [-0.25, -0.2) is 4.68 Å². The molecule has 0 saturated heterocycles. The first-order valence-corrected chi connectivity index (χ1v) is 7.77. The fourth-order valence-corrected chi connectivity index (χ4v) is 2.75. The van der Waals surface area contributed by atoms with Crippen LogP contribution in [0.25, 0.3) is 0 Å². The van der Waals surface area contributed by atoms with Gasteiger partial charge in [0.2, 0.25) is 0 Å². The molecule has 2 aromatic rings. The van der Waals surface area contributed by atoms with Gasteiger partial charge >= 0.3 is 6.61 Å². The number of alkyl halides is 2. The van der Waals surface area contributed by atoms with Crippen LogP contribution in [-0.4, -0.2) is 28.1 Å². The van der Waals surface area contributed by atoms with Crippen LogP contribution >= 0.6 is 0 Å². The molecular weight excluding hydrogens is 316 g/mol. The number of halogens is 2. The highest BCUT2D eigenvalue weighted by atomic mass is 19.3. The quantitative estimate of drug-likeness (QED) is 0.812. The van der Waals surface area contributed by atoms with Crippen molar-refractivity contribution in [1.82, 2.24) is 9.78 Å². The van der Waals surface area contributed by atoms with Crippen molar-refractivity contribution in [2.24, 2.45) is 0 Å². The van der Waals surface area contributed by atoms with Gasteiger partial charge in [0.1, 0.15) is 11.6 Å². The van der Waals surface area contributed by atoms with E-state index in [1.165, 1.54) is 0 Å². The molecule has 0 unspecified atom stereocenters. The van der Waals surface area contributed by atoms with Crippen molar-refractivity contribution in [1.29, 1.82) is 0 Å². The van der Waals surface area contributed by atoms with Crippen LogP contribution in [0.15, 0.2) is 12.1 Å².